The SMILES string of the molecule is C=CC(=O)Cc1cc(-c2c(-c3ccnc(N4CCN(C)CC4)c3)[nH]c3ncc(C(=O)OC(C)C)cc23)cc(F)c1C. The predicted octanol–water partition coefficient (Wildman–Crippen LogP) is 5.35. The average molecular weight is 556 g/mol. The zero-order chi connectivity index (χ0) is 29.3. The molecule has 3 aromatic heterocycles. The monoisotopic (exact) mass is 555 g/mol. The van der Waals surface area contributed by atoms with Gasteiger partial charge in [0, 0.05) is 61.5 Å². The molecule has 1 aliphatic rings. The summed E-state index contributed by atoms with van der Waals surface area (Å²) in [7, 11) is 2.10. The third kappa shape index (κ3) is 5.90. The molecule has 8 nitrogen and oxygen atoms in total. The number of benzene rings is 1. The quantitative estimate of drug-likeness (QED) is 0.231. The summed E-state index contributed by atoms with van der Waals surface area (Å²) in [5.74, 6) is -0.264. The third-order valence-corrected chi connectivity index (χ3v) is 7.42. The molecule has 1 aliphatic heterocycles. The first-order valence-electron chi connectivity index (χ1n) is 13.7. The first-order chi connectivity index (χ1) is 19.6. The minimum atomic E-state index is -0.489. The lowest BCUT2D eigenvalue weighted by molar-refractivity contribution is -0.114. The van der Waals surface area contributed by atoms with Gasteiger partial charge in [0.05, 0.1) is 17.4 Å². The van der Waals surface area contributed by atoms with E-state index in [4.69, 9.17) is 4.74 Å². The van der Waals surface area contributed by atoms with Gasteiger partial charge < -0.3 is 19.5 Å². The van der Waals surface area contributed by atoms with Crippen LogP contribution < -0.4 is 4.90 Å². The number of nitrogens with one attached hydrogen (secondary N) is 1. The van der Waals surface area contributed by atoms with Crippen molar-refractivity contribution in [2.45, 2.75) is 33.3 Å². The van der Waals surface area contributed by atoms with Crippen LogP contribution >= 0.6 is 0 Å². The summed E-state index contributed by atoms with van der Waals surface area (Å²) in [5.41, 5.74) is 4.61. The van der Waals surface area contributed by atoms with Gasteiger partial charge in [0.25, 0.3) is 0 Å². The van der Waals surface area contributed by atoms with Gasteiger partial charge in [0.15, 0.2) is 5.78 Å². The number of carbonyl (C=O) groups is 2. The second-order valence-corrected chi connectivity index (χ2v) is 10.7. The van der Waals surface area contributed by atoms with E-state index in [2.05, 4.69) is 38.4 Å². The van der Waals surface area contributed by atoms with Gasteiger partial charge in [0.2, 0.25) is 0 Å². The Kier molecular flexibility index (Phi) is 7.99. The standard InChI is InChI=1S/C32H34FN5O3/c1-6-25(39)14-22-13-23(16-27(33)20(22)4)29-26-15-24(32(40)41-19(2)3)18-35-31(26)36-30(29)21-7-8-34-28(17-21)38-11-9-37(5)10-12-38/h6-8,13,15-19H,1,9-12,14H2,2-5H3,(H,35,36). The van der Waals surface area contributed by atoms with E-state index < -0.39 is 11.8 Å². The van der Waals surface area contributed by atoms with Crippen LogP contribution in [0.15, 0.2) is 55.4 Å². The van der Waals surface area contributed by atoms with Gasteiger partial charge in [-0.3, -0.25) is 4.79 Å². The smallest absolute Gasteiger partial charge is 0.339 e. The molecule has 41 heavy (non-hydrogen) atoms. The van der Waals surface area contributed by atoms with Crippen LogP contribution in [0.5, 0.6) is 0 Å². The molecule has 1 aromatic carbocycles. The minimum Gasteiger partial charge on any atom is -0.459 e. The van der Waals surface area contributed by atoms with Gasteiger partial charge in [-0.1, -0.05) is 12.6 Å². The van der Waals surface area contributed by atoms with Crippen LogP contribution in [0.4, 0.5) is 10.2 Å². The lowest BCUT2D eigenvalue weighted by Gasteiger charge is -2.33. The maximum Gasteiger partial charge on any atom is 0.339 e. The molecule has 1 fully saturated rings. The number of nitrogens with zero attached hydrogens (tertiary/aromatic N) is 4. The zero-order valence-corrected chi connectivity index (χ0v) is 23.8. The van der Waals surface area contributed by atoms with Gasteiger partial charge in [-0.15, -0.1) is 0 Å². The fraction of sp³-hybridized carbons (Fsp3) is 0.312. The summed E-state index contributed by atoms with van der Waals surface area (Å²) >= 11 is 0. The topological polar surface area (TPSA) is 91.4 Å². The largest absolute Gasteiger partial charge is 0.459 e. The van der Waals surface area contributed by atoms with E-state index in [9.17, 15) is 9.59 Å². The fourth-order valence-corrected chi connectivity index (χ4v) is 5.09. The molecule has 212 valence electrons. The highest BCUT2D eigenvalue weighted by atomic mass is 19.1. The highest BCUT2D eigenvalue weighted by Gasteiger charge is 2.23. The molecule has 1 saturated heterocycles. The van der Waals surface area contributed by atoms with Crippen molar-refractivity contribution in [3.8, 4) is 22.4 Å². The number of esters is 1. The molecule has 0 aliphatic carbocycles. The van der Waals surface area contributed by atoms with Gasteiger partial charge in [0.1, 0.15) is 17.3 Å². The molecule has 0 radical (unpaired) electrons. The Labute approximate surface area is 238 Å². The lowest BCUT2D eigenvalue weighted by Crippen LogP contribution is -2.44. The Morgan fingerprint density at radius 2 is 1.88 bits per heavy atom. The normalized spacial score (nSPS) is 14.0. The molecule has 1 N–H and O–H groups in total. The van der Waals surface area contributed by atoms with Crippen molar-refractivity contribution in [2.75, 3.05) is 38.1 Å². The van der Waals surface area contributed by atoms with E-state index in [1.807, 2.05) is 18.2 Å². The maximum atomic E-state index is 15.4. The van der Waals surface area contributed by atoms with Crippen LogP contribution in [0.3, 0.4) is 0 Å². The van der Waals surface area contributed by atoms with Gasteiger partial charge in [-0.05, 0) is 74.9 Å². The second kappa shape index (κ2) is 11.6. The van der Waals surface area contributed by atoms with Crippen molar-refractivity contribution in [2.24, 2.45) is 0 Å². The first-order valence-corrected chi connectivity index (χ1v) is 13.7. The molecule has 0 bridgehead atoms. The van der Waals surface area contributed by atoms with Crippen molar-refractivity contribution < 1.29 is 18.7 Å². The number of ether oxygens (including phenoxy) is 1. The number of ketones is 1. The Morgan fingerprint density at radius 3 is 2.59 bits per heavy atom. The molecule has 0 saturated carbocycles. The van der Waals surface area contributed by atoms with Crippen LogP contribution in [-0.2, 0) is 16.0 Å². The molecule has 0 spiro atoms. The number of hydrogen-bond acceptors (Lipinski definition) is 7. The number of halogens is 1. The number of rotatable bonds is 8. The van der Waals surface area contributed by atoms with Gasteiger partial charge in [-0.25, -0.2) is 19.2 Å². The van der Waals surface area contributed by atoms with Crippen LogP contribution in [0, 0.1) is 12.7 Å². The van der Waals surface area contributed by atoms with Crippen LogP contribution in [0.1, 0.15) is 35.3 Å². The van der Waals surface area contributed by atoms with E-state index in [-0.39, 0.29) is 18.3 Å². The van der Waals surface area contributed by atoms with Crippen molar-refractivity contribution in [3.63, 3.8) is 0 Å². The number of fused-ring (bicyclic) bond motifs is 1. The number of H-pyrrole nitrogens is 1. The average Bonchev–Trinajstić information content (AvgIpc) is 3.34. The summed E-state index contributed by atoms with van der Waals surface area (Å²) in [5, 5.41) is 0.639. The number of allylic oxidation sites excluding steroid dienone is 1. The number of aromatic amines is 1. The van der Waals surface area contributed by atoms with Crippen LogP contribution in [-0.4, -0.2) is 70.9 Å². The Hall–Kier alpha value is -4.37. The van der Waals surface area contributed by atoms with Crippen molar-refractivity contribution in [3.05, 3.63) is 77.9 Å². The summed E-state index contributed by atoms with van der Waals surface area (Å²) in [4.78, 5) is 42.1. The van der Waals surface area contributed by atoms with Gasteiger partial charge in [-0.2, -0.15) is 0 Å². The molecule has 5 rings (SSSR count). The number of carbonyl (C=O) groups excluding carboxylic acids is 2. The molecule has 9 heteroatoms. The van der Waals surface area contributed by atoms with E-state index in [1.54, 1.807) is 33.0 Å². The maximum absolute atomic E-state index is 15.4. The summed E-state index contributed by atoms with van der Waals surface area (Å²) in [6.45, 7) is 12.4. The Balaban J connectivity index is 1.70. The van der Waals surface area contributed by atoms with E-state index >= 15 is 4.39 Å². The highest BCUT2D eigenvalue weighted by Crippen LogP contribution is 2.40. The second-order valence-electron chi connectivity index (χ2n) is 10.7. The summed E-state index contributed by atoms with van der Waals surface area (Å²) in [6.07, 6.45) is 4.23. The van der Waals surface area contributed by atoms with Crippen molar-refractivity contribution in [1.82, 2.24) is 19.9 Å². The van der Waals surface area contributed by atoms with Crippen molar-refractivity contribution >= 4 is 28.6 Å². The number of aromatic nitrogens is 3. The molecular weight excluding hydrogens is 521 g/mol. The van der Waals surface area contributed by atoms with Gasteiger partial charge >= 0.3 is 5.97 Å². The number of anilines is 1. The Bertz CT molecular complexity index is 1640. The minimum absolute atomic E-state index is 0.0325. The van der Waals surface area contributed by atoms with Crippen LogP contribution in [0.2, 0.25) is 0 Å². The van der Waals surface area contributed by atoms with E-state index in [0.29, 0.717) is 44.5 Å². The molecule has 4 heterocycles. The van der Waals surface area contributed by atoms with Crippen LogP contribution in [0.25, 0.3) is 33.4 Å². The number of likely N-dealkylation sites (N-methyl/N-ethyl adjacent to an activating group) is 1. The molecule has 4 aromatic rings. The first kappa shape index (κ1) is 28.2. The number of pyridine rings is 2. The fourth-order valence-electron chi connectivity index (χ4n) is 5.09. The third-order valence-electron chi connectivity index (χ3n) is 7.42. The molecule has 0 amide bonds. The summed E-state index contributed by atoms with van der Waals surface area (Å²) < 4.78 is 20.8. The highest BCUT2D eigenvalue weighted by molar-refractivity contribution is 6.05. The van der Waals surface area contributed by atoms with E-state index in [1.165, 1.54) is 18.3 Å². The van der Waals surface area contributed by atoms with Crippen molar-refractivity contribution in [1.29, 1.82) is 0 Å². The lowest BCUT2D eigenvalue weighted by atomic mass is 9.93. The molecule has 0 unspecified atom stereocenters. The van der Waals surface area contributed by atoms with E-state index in [0.717, 1.165) is 37.6 Å². The Morgan fingerprint density at radius 1 is 1.12 bits per heavy atom. The molecule has 0 atom stereocenters. The predicted molar refractivity (Wildman–Crippen MR) is 159 cm³/mol. The molecular formula is C32H34FN5O3. The number of hydrogen-bond donors (Lipinski definition) is 1. The number of piperazine rings is 1. The zero-order valence-electron chi connectivity index (χ0n) is 23.8. The summed E-state index contributed by atoms with van der Waals surface area (Å²) in [6, 6.07) is 8.92.